The second-order valence-electron chi connectivity index (χ2n) is 8.13. The summed E-state index contributed by atoms with van der Waals surface area (Å²) in [6, 6.07) is 11.1. The third kappa shape index (κ3) is 5.01. The van der Waals surface area contributed by atoms with Gasteiger partial charge in [-0.25, -0.2) is 9.07 Å². The maximum absolute atomic E-state index is 13.2. The monoisotopic (exact) mass is 469 g/mol. The van der Waals surface area contributed by atoms with E-state index in [9.17, 15) is 14.0 Å². The van der Waals surface area contributed by atoms with Gasteiger partial charge in [-0.3, -0.25) is 9.59 Å². The lowest BCUT2D eigenvalue weighted by Crippen LogP contribution is -2.30. The summed E-state index contributed by atoms with van der Waals surface area (Å²) in [5, 5.41) is 7.48. The second kappa shape index (κ2) is 9.62. The molecule has 0 aliphatic carbocycles. The number of aromatic nitrogens is 2. The number of carbonyl (C=O) groups excluding carboxylic acids is 2. The van der Waals surface area contributed by atoms with E-state index in [1.807, 2.05) is 6.07 Å². The van der Waals surface area contributed by atoms with E-state index in [1.165, 1.54) is 23.2 Å². The van der Waals surface area contributed by atoms with Crippen molar-refractivity contribution in [3.8, 4) is 0 Å². The molecular formula is C24H25ClFN5O2. The van der Waals surface area contributed by atoms with Crippen LogP contribution >= 0.6 is 11.6 Å². The average Bonchev–Trinajstić information content (AvgIpc) is 3.08. The van der Waals surface area contributed by atoms with Crippen LogP contribution in [0.15, 0.2) is 42.5 Å². The van der Waals surface area contributed by atoms with Crippen LogP contribution in [0.3, 0.4) is 0 Å². The fourth-order valence-corrected chi connectivity index (χ4v) is 4.38. The zero-order valence-electron chi connectivity index (χ0n) is 18.3. The second-order valence-corrected chi connectivity index (χ2v) is 8.49. The molecule has 0 atom stereocenters. The van der Waals surface area contributed by atoms with Crippen molar-refractivity contribution < 1.29 is 14.0 Å². The third-order valence-corrected chi connectivity index (χ3v) is 6.15. The zero-order valence-corrected chi connectivity index (χ0v) is 19.0. The topological polar surface area (TPSA) is 93.2 Å². The lowest BCUT2D eigenvalue weighted by Gasteiger charge is -2.30. The Bertz CT molecular complexity index is 1190. The van der Waals surface area contributed by atoms with Crippen LogP contribution in [0.5, 0.6) is 0 Å². The van der Waals surface area contributed by atoms with Gasteiger partial charge >= 0.3 is 0 Å². The predicted molar refractivity (Wildman–Crippen MR) is 126 cm³/mol. The standard InChI is InChI=1S/C24H25ClFN5O2/c1-15-21(22(25)31(29-15)14-16-5-8-18(26)9-6-16)24(33)28-19-13-17(23(27)32)7-10-20(19)30-11-3-2-4-12-30/h5-10,13H,2-4,11-12,14H2,1H3,(H2,27,32)(H,28,33). The highest BCUT2D eigenvalue weighted by atomic mass is 35.5. The molecule has 2 heterocycles. The molecular weight excluding hydrogens is 445 g/mol. The Kier molecular flexibility index (Phi) is 6.65. The molecule has 1 saturated heterocycles. The minimum Gasteiger partial charge on any atom is -0.370 e. The molecule has 0 bridgehead atoms. The average molecular weight is 470 g/mol. The Balaban J connectivity index is 1.62. The minimum atomic E-state index is -0.572. The Morgan fingerprint density at radius 3 is 2.48 bits per heavy atom. The molecule has 0 spiro atoms. The van der Waals surface area contributed by atoms with Crippen molar-refractivity contribution in [2.75, 3.05) is 23.3 Å². The van der Waals surface area contributed by atoms with Crippen molar-refractivity contribution in [2.24, 2.45) is 5.73 Å². The van der Waals surface area contributed by atoms with Crippen LogP contribution in [-0.4, -0.2) is 34.7 Å². The molecule has 7 nitrogen and oxygen atoms in total. The Morgan fingerprint density at radius 2 is 1.82 bits per heavy atom. The molecule has 0 unspecified atom stereocenters. The number of amides is 2. The Labute approximate surface area is 196 Å². The first-order valence-corrected chi connectivity index (χ1v) is 11.2. The summed E-state index contributed by atoms with van der Waals surface area (Å²) in [6.45, 7) is 3.74. The van der Waals surface area contributed by atoms with Crippen molar-refractivity contribution >= 4 is 34.8 Å². The summed E-state index contributed by atoms with van der Waals surface area (Å²) in [5.41, 5.74) is 8.61. The van der Waals surface area contributed by atoms with E-state index in [0.717, 1.165) is 37.2 Å². The molecule has 1 aliphatic rings. The number of nitrogens with one attached hydrogen (secondary N) is 1. The number of hydrogen-bond donors (Lipinski definition) is 2. The number of anilines is 2. The molecule has 1 fully saturated rings. The molecule has 0 saturated carbocycles. The molecule has 2 amide bonds. The van der Waals surface area contributed by atoms with Crippen molar-refractivity contribution in [3.05, 3.63) is 75.8 Å². The Hall–Kier alpha value is -3.39. The lowest BCUT2D eigenvalue weighted by molar-refractivity contribution is 0.0996. The van der Waals surface area contributed by atoms with E-state index >= 15 is 0 Å². The first kappa shape index (κ1) is 22.8. The first-order valence-electron chi connectivity index (χ1n) is 10.8. The van der Waals surface area contributed by atoms with E-state index < -0.39 is 11.8 Å². The van der Waals surface area contributed by atoms with Crippen molar-refractivity contribution in [2.45, 2.75) is 32.7 Å². The SMILES string of the molecule is Cc1nn(Cc2ccc(F)cc2)c(Cl)c1C(=O)Nc1cc(C(N)=O)ccc1N1CCCCC1. The predicted octanol–water partition coefficient (Wildman–Crippen LogP) is 4.37. The molecule has 3 N–H and O–H groups in total. The molecule has 0 radical (unpaired) electrons. The van der Waals surface area contributed by atoms with Gasteiger partial charge in [-0.05, 0) is 62.1 Å². The van der Waals surface area contributed by atoms with Crippen LogP contribution < -0.4 is 16.0 Å². The van der Waals surface area contributed by atoms with E-state index in [4.69, 9.17) is 17.3 Å². The van der Waals surface area contributed by atoms with Crippen LogP contribution in [0.4, 0.5) is 15.8 Å². The summed E-state index contributed by atoms with van der Waals surface area (Å²) in [5.74, 6) is -1.33. The van der Waals surface area contributed by atoms with Gasteiger partial charge in [0.05, 0.1) is 29.2 Å². The fourth-order valence-electron chi connectivity index (χ4n) is 4.06. The normalized spacial score (nSPS) is 13.7. The number of nitrogens with two attached hydrogens (primary N) is 1. The zero-order chi connectivity index (χ0) is 23.5. The van der Waals surface area contributed by atoms with Gasteiger partial charge in [-0.15, -0.1) is 0 Å². The van der Waals surface area contributed by atoms with E-state index in [-0.39, 0.29) is 16.5 Å². The quantitative estimate of drug-likeness (QED) is 0.560. The van der Waals surface area contributed by atoms with Crippen LogP contribution in [0, 0.1) is 12.7 Å². The number of aryl methyl sites for hydroxylation is 1. The van der Waals surface area contributed by atoms with Gasteiger partial charge in [-0.1, -0.05) is 23.7 Å². The van der Waals surface area contributed by atoms with E-state index in [0.29, 0.717) is 23.5 Å². The van der Waals surface area contributed by atoms with Gasteiger partial charge in [0, 0.05) is 18.7 Å². The number of rotatable bonds is 6. The minimum absolute atomic E-state index is 0.180. The molecule has 172 valence electrons. The van der Waals surface area contributed by atoms with Gasteiger partial charge < -0.3 is 16.0 Å². The molecule has 4 rings (SSSR count). The third-order valence-electron chi connectivity index (χ3n) is 5.76. The number of nitrogens with zero attached hydrogens (tertiary/aromatic N) is 3. The smallest absolute Gasteiger partial charge is 0.260 e. The van der Waals surface area contributed by atoms with Crippen molar-refractivity contribution in [1.82, 2.24) is 9.78 Å². The lowest BCUT2D eigenvalue weighted by atomic mass is 10.1. The molecule has 3 aromatic rings. The number of carbonyl (C=O) groups is 2. The number of benzene rings is 2. The summed E-state index contributed by atoms with van der Waals surface area (Å²) in [7, 11) is 0. The number of halogens is 2. The molecule has 33 heavy (non-hydrogen) atoms. The van der Waals surface area contributed by atoms with Crippen LogP contribution in [0.2, 0.25) is 5.15 Å². The first-order chi connectivity index (χ1) is 15.8. The maximum atomic E-state index is 13.2. The molecule has 2 aromatic carbocycles. The maximum Gasteiger partial charge on any atom is 0.260 e. The van der Waals surface area contributed by atoms with Crippen LogP contribution in [-0.2, 0) is 6.54 Å². The summed E-state index contributed by atoms with van der Waals surface area (Å²) in [4.78, 5) is 27.2. The highest BCUT2D eigenvalue weighted by Gasteiger charge is 2.23. The van der Waals surface area contributed by atoms with Gasteiger partial charge in [0.2, 0.25) is 5.91 Å². The number of primary amides is 1. The van der Waals surface area contributed by atoms with Crippen LogP contribution in [0.1, 0.15) is 51.2 Å². The highest BCUT2D eigenvalue weighted by molar-refractivity contribution is 6.33. The fraction of sp³-hybridized carbons (Fsp3) is 0.292. The van der Waals surface area contributed by atoms with E-state index in [1.54, 1.807) is 31.2 Å². The summed E-state index contributed by atoms with van der Waals surface area (Å²) < 4.78 is 14.7. The Morgan fingerprint density at radius 1 is 1.12 bits per heavy atom. The molecule has 1 aromatic heterocycles. The van der Waals surface area contributed by atoms with Gasteiger partial charge in [0.25, 0.3) is 5.91 Å². The molecule has 1 aliphatic heterocycles. The number of hydrogen-bond acceptors (Lipinski definition) is 4. The number of piperidine rings is 1. The summed E-state index contributed by atoms with van der Waals surface area (Å²) >= 11 is 6.52. The highest BCUT2D eigenvalue weighted by Crippen LogP contribution is 2.31. The van der Waals surface area contributed by atoms with Crippen molar-refractivity contribution in [3.63, 3.8) is 0 Å². The van der Waals surface area contributed by atoms with Gasteiger partial charge in [-0.2, -0.15) is 5.10 Å². The van der Waals surface area contributed by atoms with E-state index in [2.05, 4.69) is 15.3 Å². The van der Waals surface area contributed by atoms with Gasteiger partial charge in [0.1, 0.15) is 11.0 Å². The van der Waals surface area contributed by atoms with Gasteiger partial charge in [0.15, 0.2) is 0 Å². The summed E-state index contributed by atoms with van der Waals surface area (Å²) in [6.07, 6.45) is 3.29. The largest absolute Gasteiger partial charge is 0.370 e. The molecule has 9 heteroatoms. The van der Waals surface area contributed by atoms with Crippen molar-refractivity contribution in [1.29, 1.82) is 0 Å². The van der Waals surface area contributed by atoms with Crippen LogP contribution in [0.25, 0.3) is 0 Å².